The lowest BCUT2D eigenvalue weighted by Gasteiger charge is -2.10. The molecule has 112 valence electrons. The van der Waals surface area contributed by atoms with Gasteiger partial charge in [0.1, 0.15) is 0 Å². The standard InChI is InChI=1S/C16H26N2O2/c1-18(2)12-11-17-16(19)9-6-13-20-14-10-15-7-4-3-5-8-15/h3-5,7-8H,6,9-14H2,1-2H3,(H,17,19). The third-order valence-corrected chi connectivity index (χ3v) is 2.95. The summed E-state index contributed by atoms with van der Waals surface area (Å²) in [6.45, 7) is 2.94. The van der Waals surface area contributed by atoms with Gasteiger partial charge in [-0.1, -0.05) is 30.3 Å². The van der Waals surface area contributed by atoms with Crippen LogP contribution in [0.1, 0.15) is 18.4 Å². The Balaban J connectivity index is 1.93. The molecule has 1 rings (SSSR count). The highest BCUT2D eigenvalue weighted by Crippen LogP contribution is 2.00. The van der Waals surface area contributed by atoms with Crippen molar-refractivity contribution < 1.29 is 9.53 Å². The highest BCUT2D eigenvalue weighted by Gasteiger charge is 2.00. The van der Waals surface area contributed by atoms with Crippen LogP contribution in [0.25, 0.3) is 0 Å². The van der Waals surface area contributed by atoms with E-state index in [1.165, 1.54) is 5.56 Å². The molecule has 0 saturated heterocycles. The molecule has 0 aliphatic rings. The van der Waals surface area contributed by atoms with Crippen LogP contribution in [0.4, 0.5) is 0 Å². The second kappa shape index (κ2) is 10.4. The number of carbonyl (C=O) groups excluding carboxylic acids is 1. The number of hydrogen-bond acceptors (Lipinski definition) is 3. The van der Waals surface area contributed by atoms with E-state index < -0.39 is 0 Å². The fourth-order valence-corrected chi connectivity index (χ4v) is 1.78. The summed E-state index contributed by atoms with van der Waals surface area (Å²) < 4.78 is 5.54. The fourth-order valence-electron chi connectivity index (χ4n) is 1.78. The van der Waals surface area contributed by atoms with Gasteiger partial charge in [-0.2, -0.15) is 0 Å². The fraction of sp³-hybridized carbons (Fsp3) is 0.562. The molecule has 1 N–H and O–H groups in total. The van der Waals surface area contributed by atoms with Gasteiger partial charge < -0.3 is 15.0 Å². The molecule has 0 aliphatic heterocycles. The summed E-state index contributed by atoms with van der Waals surface area (Å²) in [5.41, 5.74) is 1.29. The van der Waals surface area contributed by atoms with Crippen LogP contribution in [-0.2, 0) is 16.0 Å². The van der Waals surface area contributed by atoms with Crippen molar-refractivity contribution in [2.45, 2.75) is 19.3 Å². The first-order valence-corrected chi connectivity index (χ1v) is 7.21. The maximum Gasteiger partial charge on any atom is 0.220 e. The van der Waals surface area contributed by atoms with Gasteiger partial charge in [-0.15, -0.1) is 0 Å². The van der Waals surface area contributed by atoms with Crippen molar-refractivity contribution in [2.75, 3.05) is 40.4 Å². The van der Waals surface area contributed by atoms with Crippen molar-refractivity contribution in [2.24, 2.45) is 0 Å². The minimum Gasteiger partial charge on any atom is -0.381 e. The second-order valence-corrected chi connectivity index (χ2v) is 5.10. The van der Waals surface area contributed by atoms with Crippen LogP contribution in [0.15, 0.2) is 30.3 Å². The third-order valence-electron chi connectivity index (χ3n) is 2.95. The zero-order valence-corrected chi connectivity index (χ0v) is 12.6. The smallest absolute Gasteiger partial charge is 0.220 e. The van der Waals surface area contributed by atoms with Gasteiger partial charge in [0.25, 0.3) is 0 Å². The van der Waals surface area contributed by atoms with Crippen molar-refractivity contribution >= 4 is 5.91 Å². The Morgan fingerprint density at radius 3 is 2.65 bits per heavy atom. The lowest BCUT2D eigenvalue weighted by Crippen LogP contribution is -2.31. The number of benzene rings is 1. The van der Waals surface area contributed by atoms with Gasteiger partial charge in [-0.3, -0.25) is 4.79 Å². The molecule has 1 aromatic rings. The minimum absolute atomic E-state index is 0.110. The molecule has 4 nitrogen and oxygen atoms in total. The number of likely N-dealkylation sites (N-methyl/N-ethyl adjacent to an activating group) is 1. The van der Waals surface area contributed by atoms with Crippen LogP contribution in [0.5, 0.6) is 0 Å². The Bertz CT molecular complexity index is 366. The minimum atomic E-state index is 0.110. The molecule has 0 heterocycles. The van der Waals surface area contributed by atoms with Crippen LogP contribution >= 0.6 is 0 Å². The van der Waals surface area contributed by atoms with Crippen molar-refractivity contribution in [3.8, 4) is 0 Å². The molecule has 0 unspecified atom stereocenters. The summed E-state index contributed by atoms with van der Waals surface area (Å²) in [6.07, 6.45) is 2.25. The first kappa shape index (κ1) is 16.7. The topological polar surface area (TPSA) is 41.6 Å². The van der Waals surface area contributed by atoms with E-state index in [1.54, 1.807) is 0 Å². The highest BCUT2D eigenvalue weighted by atomic mass is 16.5. The van der Waals surface area contributed by atoms with Crippen molar-refractivity contribution in [1.29, 1.82) is 0 Å². The number of amides is 1. The molecule has 0 atom stereocenters. The molecule has 0 aliphatic carbocycles. The quantitative estimate of drug-likeness (QED) is 0.662. The largest absolute Gasteiger partial charge is 0.381 e. The Hall–Kier alpha value is -1.39. The number of nitrogens with one attached hydrogen (secondary N) is 1. The molecule has 4 heteroatoms. The van der Waals surface area contributed by atoms with Gasteiger partial charge in [0.2, 0.25) is 5.91 Å². The Kier molecular flexibility index (Phi) is 8.67. The average Bonchev–Trinajstić information content (AvgIpc) is 2.43. The summed E-state index contributed by atoms with van der Waals surface area (Å²) in [6, 6.07) is 10.3. The summed E-state index contributed by atoms with van der Waals surface area (Å²) in [5, 5.41) is 2.89. The van der Waals surface area contributed by atoms with Gasteiger partial charge in [0, 0.05) is 26.1 Å². The molecule has 0 fully saturated rings. The molecular formula is C16H26N2O2. The zero-order chi connectivity index (χ0) is 14.6. The summed E-state index contributed by atoms with van der Waals surface area (Å²) >= 11 is 0. The monoisotopic (exact) mass is 278 g/mol. The van der Waals surface area contributed by atoms with Gasteiger partial charge in [0.15, 0.2) is 0 Å². The Morgan fingerprint density at radius 1 is 1.20 bits per heavy atom. The van der Waals surface area contributed by atoms with Crippen molar-refractivity contribution in [3.63, 3.8) is 0 Å². The molecule has 0 aromatic heterocycles. The summed E-state index contributed by atoms with van der Waals surface area (Å²) in [5.74, 6) is 0.110. The molecule has 0 radical (unpaired) electrons. The van der Waals surface area contributed by atoms with Crippen LogP contribution < -0.4 is 5.32 Å². The average molecular weight is 278 g/mol. The summed E-state index contributed by atoms with van der Waals surface area (Å²) in [4.78, 5) is 13.5. The lowest BCUT2D eigenvalue weighted by atomic mass is 10.2. The van der Waals surface area contributed by atoms with Crippen LogP contribution in [0.3, 0.4) is 0 Å². The first-order valence-electron chi connectivity index (χ1n) is 7.21. The van der Waals surface area contributed by atoms with E-state index in [9.17, 15) is 4.79 Å². The van der Waals surface area contributed by atoms with Gasteiger partial charge in [-0.25, -0.2) is 0 Å². The number of rotatable bonds is 10. The molecule has 1 amide bonds. The molecule has 0 bridgehead atoms. The second-order valence-electron chi connectivity index (χ2n) is 5.10. The molecule has 0 spiro atoms. The van der Waals surface area contributed by atoms with Crippen molar-refractivity contribution in [3.05, 3.63) is 35.9 Å². The van der Waals surface area contributed by atoms with Crippen LogP contribution in [0.2, 0.25) is 0 Å². The molecule has 1 aromatic carbocycles. The van der Waals surface area contributed by atoms with Gasteiger partial charge in [0.05, 0.1) is 6.61 Å². The Morgan fingerprint density at radius 2 is 1.95 bits per heavy atom. The Labute approximate surface area is 122 Å². The van der Waals surface area contributed by atoms with E-state index in [0.717, 1.165) is 19.4 Å². The van der Waals surface area contributed by atoms with E-state index in [-0.39, 0.29) is 5.91 Å². The number of hydrogen-bond donors (Lipinski definition) is 1. The van der Waals surface area contributed by atoms with Crippen LogP contribution in [0, 0.1) is 0 Å². The lowest BCUT2D eigenvalue weighted by molar-refractivity contribution is -0.121. The SMILES string of the molecule is CN(C)CCNC(=O)CCCOCCc1ccccc1. The van der Waals surface area contributed by atoms with E-state index in [2.05, 4.69) is 17.4 Å². The predicted octanol–water partition coefficient (Wildman–Crippen LogP) is 1.70. The maximum absolute atomic E-state index is 11.5. The van der Waals surface area contributed by atoms with E-state index in [0.29, 0.717) is 26.2 Å². The highest BCUT2D eigenvalue weighted by molar-refractivity contribution is 5.75. The molecule has 0 saturated carbocycles. The van der Waals surface area contributed by atoms with E-state index in [1.807, 2.05) is 37.2 Å². The van der Waals surface area contributed by atoms with Gasteiger partial charge in [-0.05, 0) is 32.5 Å². The number of ether oxygens (including phenoxy) is 1. The van der Waals surface area contributed by atoms with Crippen LogP contribution in [-0.4, -0.2) is 51.2 Å². The number of carbonyl (C=O) groups is 1. The zero-order valence-electron chi connectivity index (χ0n) is 12.6. The number of nitrogens with zero attached hydrogens (tertiary/aromatic N) is 1. The molecular weight excluding hydrogens is 252 g/mol. The van der Waals surface area contributed by atoms with Crippen molar-refractivity contribution in [1.82, 2.24) is 10.2 Å². The van der Waals surface area contributed by atoms with Gasteiger partial charge >= 0.3 is 0 Å². The first-order chi connectivity index (χ1) is 9.68. The predicted molar refractivity (Wildman–Crippen MR) is 81.8 cm³/mol. The van der Waals surface area contributed by atoms with E-state index >= 15 is 0 Å². The summed E-state index contributed by atoms with van der Waals surface area (Å²) in [7, 11) is 3.99. The molecule has 20 heavy (non-hydrogen) atoms. The maximum atomic E-state index is 11.5. The third kappa shape index (κ3) is 8.67. The van der Waals surface area contributed by atoms with E-state index in [4.69, 9.17) is 4.74 Å². The normalized spacial score (nSPS) is 10.8.